The molecular weight excluding hydrogens is 375 g/mol. The van der Waals surface area contributed by atoms with Crippen LogP contribution >= 0.6 is 11.6 Å². The Bertz CT molecular complexity index is 828. The van der Waals surface area contributed by atoms with Crippen LogP contribution in [0.15, 0.2) is 18.2 Å². The summed E-state index contributed by atoms with van der Waals surface area (Å²) in [5.41, 5.74) is 2.40. The van der Waals surface area contributed by atoms with E-state index in [0.29, 0.717) is 12.5 Å². The highest BCUT2D eigenvalue weighted by Gasteiger charge is 2.18. The topological polar surface area (TPSA) is 92.3 Å². The van der Waals surface area contributed by atoms with Crippen molar-refractivity contribution in [1.29, 1.82) is 0 Å². The van der Waals surface area contributed by atoms with E-state index in [1.807, 2.05) is 11.9 Å². The molecule has 0 saturated heterocycles. The zero-order valence-corrected chi connectivity index (χ0v) is 16.6. The number of hydrogen-bond donors (Lipinski definition) is 2. The summed E-state index contributed by atoms with van der Waals surface area (Å²) in [4.78, 5) is 30.6. The monoisotopic (exact) mass is 396 g/mol. The maximum absolute atomic E-state index is 14.1. The van der Waals surface area contributed by atoms with Gasteiger partial charge < -0.3 is 10.2 Å². The van der Waals surface area contributed by atoms with Crippen molar-refractivity contribution in [1.82, 2.24) is 20.4 Å². The van der Waals surface area contributed by atoms with Gasteiger partial charge in [-0.25, -0.2) is 9.87 Å². The summed E-state index contributed by atoms with van der Waals surface area (Å²) in [5.74, 6) is -0.681. The summed E-state index contributed by atoms with van der Waals surface area (Å²) in [6, 6.07) is 3.81. The fourth-order valence-corrected chi connectivity index (χ4v) is 2.54. The first-order valence-corrected chi connectivity index (χ1v) is 8.49. The number of halogens is 2. The number of hydroxylamine groups is 1. The molecular formula is C17H22ClFN6O2. The summed E-state index contributed by atoms with van der Waals surface area (Å²) in [6.45, 7) is 6.92. The molecule has 146 valence electrons. The molecule has 0 aliphatic rings. The molecule has 0 bridgehead atoms. The largest absolute Gasteiger partial charge is 0.343 e. The van der Waals surface area contributed by atoms with Crippen molar-refractivity contribution in [2.24, 2.45) is 5.41 Å². The number of aromatic nitrogens is 3. The SMILES string of the molecule is CONC(=O)c1ccc(F)c(Nc2nc(Cl)nc(N(C)CC(C)(C)C)n2)c1. The van der Waals surface area contributed by atoms with E-state index in [1.165, 1.54) is 19.2 Å². The molecule has 27 heavy (non-hydrogen) atoms. The third kappa shape index (κ3) is 6.00. The summed E-state index contributed by atoms with van der Waals surface area (Å²) >= 11 is 5.99. The highest BCUT2D eigenvalue weighted by atomic mass is 35.5. The minimum atomic E-state index is -0.579. The van der Waals surface area contributed by atoms with Crippen molar-refractivity contribution < 1.29 is 14.0 Å². The number of hydrogen-bond acceptors (Lipinski definition) is 7. The van der Waals surface area contributed by atoms with Crippen LogP contribution in [0, 0.1) is 11.2 Å². The van der Waals surface area contributed by atoms with Gasteiger partial charge in [0.25, 0.3) is 5.91 Å². The minimum absolute atomic E-state index is 0.0105. The Morgan fingerprint density at radius 1 is 1.30 bits per heavy atom. The van der Waals surface area contributed by atoms with E-state index in [4.69, 9.17) is 11.6 Å². The highest BCUT2D eigenvalue weighted by molar-refractivity contribution is 6.28. The van der Waals surface area contributed by atoms with Gasteiger partial charge in [0.2, 0.25) is 17.2 Å². The fraction of sp³-hybridized carbons (Fsp3) is 0.412. The molecule has 0 radical (unpaired) electrons. The predicted molar refractivity (Wildman–Crippen MR) is 102 cm³/mol. The van der Waals surface area contributed by atoms with Crippen molar-refractivity contribution in [3.8, 4) is 0 Å². The number of rotatable bonds is 6. The van der Waals surface area contributed by atoms with Gasteiger partial charge in [0.1, 0.15) is 5.82 Å². The quantitative estimate of drug-likeness (QED) is 0.724. The first kappa shape index (κ1) is 20.8. The molecule has 1 amide bonds. The van der Waals surface area contributed by atoms with Crippen LogP contribution in [-0.2, 0) is 4.84 Å². The van der Waals surface area contributed by atoms with Crippen LogP contribution in [0.25, 0.3) is 0 Å². The number of amides is 1. The van der Waals surface area contributed by atoms with Crippen LogP contribution in [-0.4, -0.2) is 41.6 Å². The lowest BCUT2D eigenvalue weighted by molar-refractivity contribution is 0.0537. The molecule has 2 aromatic rings. The van der Waals surface area contributed by atoms with Gasteiger partial charge in [0.05, 0.1) is 12.8 Å². The van der Waals surface area contributed by atoms with Crippen LogP contribution < -0.4 is 15.7 Å². The molecule has 10 heteroatoms. The second kappa shape index (κ2) is 8.45. The minimum Gasteiger partial charge on any atom is -0.343 e. The first-order valence-electron chi connectivity index (χ1n) is 8.11. The van der Waals surface area contributed by atoms with Crippen molar-refractivity contribution in [3.63, 3.8) is 0 Å². The van der Waals surface area contributed by atoms with E-state index < -0.39 is 11.7 Å². The van der Waals surface area contributed by atoms with Crippen molar-refractivity contribution in [3.05, 3.63) is 34.9 Å². The summed E-state index contributed by atoms with van der Waals surface area (Å²) in [6.07, 6.45) is 0. The van der Waals surface area contributed by atoms with E-state index in [0.717, 1.165) is 6.07 Å². The van der Waals surface area contributed by atoms with Gasteiger partial charge >= 0.3 is 0 Å². The van der Waals surface area contributed by atoms with Crippen molar-refractivity contribution in [2.45, 2.75) is 20.8 Å². The van der Waals surface area contributed by atoms with Gasteiger partial charge in [-0.15, -0.1) is 0 Å². The average Bonchev–Trinajstić information content (AvgIpc) is 2.55. The molecule has 2 rings (SSSR count). The standard InChI is InChI=1S/C17H22ClFN6O2/c1-17(2,3)9-25(4)16-22-14(18)21-15(23-16)20-12-8-10(6-7-11(12)19)13(26)24-27-5/h6-8H,9H2,1-5H3,(H,24,26)(H,20,21,22,23). The number of nitrogens with zero attached hydrogens (tertiary/aromatic N) is 4. The molecule has 0 aliphatic heterocycles. The lowest BCUT2D eigenvalue weighted by Gasteiger charge is -2.26. The number of anilines is 3. The van der Waals surface area contributed by atoms with Crippen molar-refractivity contribution in [2.75, 3.05) is 30.9 Å². The fourth-order valence-electron chi connectivity index (χ4n) is 2.38. The average molecular weight is 397 g/mol. The molecule has 0 saturated carbocycles. The zero-order valence-electron chi connectivity index (χ0n) is 15.8. The maximum atomic E-state index is 14.1. The molecule has 8 nitrogen and oxygen atoms in total. The molecule has 0 aliphatic carbocycles. The van der Waals surface area contributed by atoms with Crippen LogP contribution in [0.1, 0.15) is 31.1 Å². The number of benzene rings is 1. The van der Waals surface area contributed by atoms with Gasteiger partial charge in [-0.1, -0.05) is 20.8 Å². The Balaban J connectivity index is 2.29. The highest BCUT2D eigenvalue weighted by Crippen LogP contribution is 2.23. The molecule has 1 aromatic carbocycles. The van der Waals surface area contributed by atoms with Gasteiger partial charge in [-0.3, -0.25) is 9.63 Å². The molecule has 1 aromatic heterocycles. The first-order chi connectivity index (χ1) is 12.6. The molecule has 2 N–H and O–H groups in total. The second-order valence-electron chi connectivity index (χ2n) is 7.10. The molecule has 0 unspecified atom stereocenters. The molecule has 0 fully saturated rings. The number of nitrogens with one attached hydrogen (secondary N) is 2. The van der Waals surface area contributed by atoms with Gasteiger partial charge in [-0.05, 0) is 35.2 Å². The zero-order chi connectivity index (χ0) is 20.2. The Kier molecular flexibility index (Phi) is 6.50. The second-order valence-corrected chi connectivity index (χ2v) is 7.44. The molecule has 0 spiro atoms. The third-order valence-corrected chi connectivity index (χ3v) is 3.49. The van der Waals surface area contributed by atoms with Crippen LogP contribution in [0.5, 0.6) is 0 Å². The smallest absolute Gasteiger partial charge is 0.274 e. The van der Waals surface area contributed by atoms with E-state index in [-0.39, 0.29) is 27.9 Å². The van der Waals surface area contributed by atoms with E-state index in [2.05, 4.69) is 51.4 Å². The maximum Gasteiger partial charge on any atom is 0.274 e. The molecule has 0 atom stereocenters. The van der Waals surface area contributed by atoms with Gasteiger partial charge in [-0.2, -0.15) is 15.0 Å². The van der Waals surface area contributed by atoms with Gasteiger partial charge in [0.15, 0.2) is 0 Å². The summed E-state index contributed by atoms with van der Waals surface area (Å²) in [5, 5.41) is 2.71. The van der Waals surface area contributed by atoms with E-state index >= 15 is 0 Å². The summed E-state index contributed by atoms with van der Waals surface area (Å²) < 4.78 is 14.1. The van der Waals surface area contributed by atoms with Crippen molar-refractivity contribution >= 4 is 35.1 Å². The Morgan fingerprint density at radius 3 is 2.63 bits per heavy atom. The number of carbonyl (C=O) groups excluding carboxylic acids is 1. The number of carbonyl (C=O) groups is 1. The normalized spacial score (nSPS) is 11.2. The molecule has 1 heterocycles. The summed E-state index contributed by atoms with van der Waals surface area (Å²) in [7, 11) is 3.14. The van der Waals surface area contributed by atoms with E-state index in [9.17, 15) is 9.18 Å². The lowest BCUT2D eigenvalue weighted by Crippen LogP contribution is -2.30. The Labute approximate surface area is 162 Å². The van der Waals surface area contributed by atoms with E-state index in [1.54, 1.807) is 0 Å². The van der Waals surface area contributed by atoms with Gasteiger partial charge in [0, 0.05) is 19.2 Å². The Morgan fingerprint density at radius 2 is 2.00 bits per heavy atom. The third-order valence-electron chi connectivity index (χ3n) is 3.32. The van der Waals surface area contributed by atoms with Crippen LogP contribution in [0.4, 0.5) is 22.0 Å². The predicted octanol–water partition coefficient (Wildman–Crippen LogP) is 3.18. The van der Waals surface area contributed by atoms with Crippen LogP contribution in [0.3, 0.4) is 0 Å². The lowest BCUT2D eigenvalue weighted by atomic mass is 9.96. The van der Waals surface area contributed by atoms with Crippen LogP contribution in [0.2, 0.25) is 5.28 Å². The Hall–Kier alpha value is -2.52.